The molecule has 0 saturated heterocycles. The maximum Gasteiger partial charge on any atom is 0.337 e. The highest BCUT2D eigenvalue weighted by Crippen LogP contribution is 2.25. The van der Waals surface area contributed by atoms with Crippen LogP contribution in [-0.2, 0) is 14.8 Å². The molecule has 21 heavy (non-hydrogen) atoms. The molecule has 0 aliphatic carbocycles. The van der Waals surface area contributed by atoms with Crippen molar-refractivity contribution < 1.29 is 22.7 Å². The Morgan fingerprint density at radius 1 is 1.33 bits per heavy atom. The van der Waals surface area contributed by atoms with E-state index in [9.17, 15) is 13.2 Å². The lowest BCUT2D eigenvalue weighted by Gasteiger charge is -2.14. The monoisotopic (exact) mass is 316 g/mol. The fourth-order valence-electron chi connectivity index (χ4n) is 1.55. The van der Waals surface area contributed by atoms with Gasteiger partial charge >= 0.3 is 5.97 Å². The number of likely N-dealkylation sites (N-methyl/N-ethyl adjacent to an activating group) is 1. The molecule has 1 rings (SSSR count). The van der Waals surface area contributed by atoms with Gasteiger partial charge in [-0.1, -0.05) is 0 Å². The van der Waals surface area contributed by atoms with E-state index >= 15 is 0 Å². The van der Waals surface area contributed by atoms with Crippen LogP contribution >= 0.6 is 0 Å². The lowest BCUT2D eigenvalue weighted by atomic mass is 10.2. The molecule has 0 bridgehead atoms. The van der Waals surface area contributed by atoms with Gasteiger partial charge in [0.25, 0.3) is 0 Å². The van der Waals surface area contributed by atoms with Gasteiger partial charge in [-0.2, -0.15) is 0 Å². The number of benzene rings is 1. The highest BCUT2D eigenvalue weighted by molar-refractivity contribution is 7.89. The summed E-state index contributed by atoms with van der Waals surface area (Å²) in [6.07, 6.45) is 0. The Bertz CT molecular complexity index is 601. The number of rotatable bonds is 7. The summed E-state index contributed by atoms with van der Waals surface area (Å²) in [6, 6.07) is 4.02. The van der Waals surface area contributed by atoms with Crippen LogP contribution in [-0.4, -0.2) is 48.2 Å². The summed E-state index contributed by atoms with van der Waals surface area (Å²) in [7, 11) is 0.605. The molecule has 0 fully saturated rings. The molecule has 0 heterocycles. The standard InChI is InChI=1S/C13H20N2O5S/c1-9(14-2)8-15-21(17,18)12-6-5-10(13(16)20-4)7-11(12)19-3/h5-7,9,14-15H,8H2,1-4H3. The normalized spacial score (nSPS) is 12.8. The average molecular weight is 316 g/mol. The van der Waals surface area contributed by atoms with Gasteiger partial charge in [0.1, 0.15) is 10.6 Å². The lowest BCUT2D eigenvalue weighted by Crippen LogP contribution is -2.37. The number of carbonyl (C=O) groups excluding carboxylic acids is 1. The minimum atomic E-state index is -3.72. The molecule has 1 aromatic rings. The van der Waals surface area contributed by atoms with Crippen molar-refractivity contribution in [3.8, 4) is 5.75 Å². The van der Waals surface area contributed by atoms with Gasteiger partial charge in [0.15, 0.2) is 0 Å². The Balaban J connectivity index is 3.09. The maximum absolute atomic E-state index is 12.2. The van der Waals surface area contributed by atoms with Crippen LogP contribution in [0.25, 0.3) is 0 Å². The van der Waals surface area contributed by atoms with Crippen LogP contribution in [0.15, 0.2) is 23.1 Å². The molecular weight excluding hydrogens is 296 g/mol. The summed E-state index contributed by atoms with van der Waals surface area (Å²) in [4.78, 5) is 11.4. The molecule has 1 aromatic carbocycles. The van der Waals surface area contributed by atoms with Crippen molar-refractivity contribution in [1.82, 2.24) is 10.0 Å². The van der Waals surface area contributed by atoms with Crippen LogP contribution in [0.2, 0.25) is 0 Å². The van der Waals surface area contributed by atoms with E-state index in [4.69, 9.17) is 4.74 Å². The zero-order valence-corrected chi connectivity index (χ0v) is 13.3. The molecule has 0 aliphatic heterocycles. The summed E-state index contributed by atoms with van der Waals surface area (Å²) in [6.45, 7) is 2.08. The van der Waals surface area contributed by atoms with Crippen LogP contribution in [0.4, 0.5) is 0 Å². The predicted octanol–water partition coefficient (Wildman–Crippen LogP) is 0.368. The number of ether oxygens (including phenoxy) is 2. The first-order valence-electron chi connectivity index (χ1n) is 6.29. The minimum absolute atomic E-state index is 0.0138. The molecule has 118 valence electrons. The van der Waals surface area contributed by atoms with Gasteiger partial charge in [-0.3, -0.25) is 0 Å². The van der Waals surface area contributed by atoms with Crippen LogP contribution < -0.4 is 14.8 Å². The second kappa shape index (κ2) is 7.39. The van der Waals surface area contributed by atoms with Crippen LogP contribution in [0, 0.1) is 0 Å². The summed E-state index contributed by atoms with van der Waals surface area (Å²) in [5.41, 5.74) is 0.219. The molecule has 7 nitrogen and oxygen atoms in total. The SMILES string of the molecule is CNC(C)CNS(=O)(=O)c1ccc(C(=O)OC)cc1OC. The van der Waals surface area contributed by atoms with E-state index in [2.05, 4.69) is 14.8 Å². The summed E-state index contributed by atoms with van der Waals surface area (Å²) in [5.74, 6) is -0.475. The largest absolute Gasteiger partial charge is 0.495 e. The van der Waals surface area contributed by atoms with E-state index in [1.54, 1.807) is 7.05 Å². The highest BCUT2D eigenvalue weighted by atomic mass is 32.2. The zero-order chi connectivity index (χ0) is 16.0. The van der Waals surface area contributed by atoms with Crippen molar-refractivity contribution in [1.29, 1.82) is 0 Å². The van der Waals surface area contributed by atoms with Crippen molar-refractivity contribution in [2.24, 2.45) is 0 Å². The fourth-order valence-corrected chi connectivity index (χ4v) is 2.83. The molecule has 2 N–H and O–H groups in total. The number of sulfonamides is 1. The molecule has 0 radical (unpaired) electrons. The number of hydrogen-bond acceptors (Lipinski definition) is 6. The van der Waals surface area contributed by atoms with E-state index < -0.39 is 16.0 Å². The van der Waals surface area contributed by atoms with Gasteiger partial charge < -0.3 is 14.8 Å². The number of carbonyl (C=O) groups is 1. The Hall–Kier alpha value is -1.64. The Morgan fingerprint density at radius 3 is 2.52 bits per heavy atom. The minimum Gasteiger partial charge on any atom is -0.495 e. The van der Waals surface area contributed by atoms with Gasteiger partial charge in [-0.05, 0) is 32.2 Å². The molecule has 0 saturated carbocycles. The van der Waals surface area contributed by atoms with Gasteiger partial charge in [-0.25, -0.2) is 17.9 Å². The zero-order valence-electron chi connectivity index (χ0n) is 12.5. The summed E-state index contributed by atoms with van der Waals surface area (Å²) < 4.78 is 36.6. The molecule has 1 atom stereocenters. The van der Waals surface area contributed by atoms with Gasteiger partial charge in [-0.15, -0.1) is 0 Å². The predicted molar refractivity (Wildman–Crippen MR) is 78.0 cm³/mol. The van der Waals surface area contributed by atoms with Crippen LogP contribution in [0.3, 0.4) is 0 Å². The second-order valence-electron chi connectivity index (χ2n) is 4.40. The first-order valence-corrected chi connectivity index (χ1v) is 7.77. The second-order valence-corrected chi connectivity index (χ2v) is 6.13. The van der Waals surface area contributed by atoms with Crippen molar-refractivity contribution >= 4 is 16.0 Å². The van der Waals surface area contributed by atoms with Gasteiger partial charge in [0.05, 0.1) is 19.8 Å². The van der Waals surface area contributed by atoms with E-state index in [1.165, 1.54) is 32.4 Å². The Labute approximate surface area is 124 Å². The smallest absolute Gasteiger partial charge is 0.337 e. The first-order chi connectivity index (χ1) is 9.85. The molecule has 0 amide bonds. The van der Waals surface area contributed by atoms with Crippen molar-refractivity contribution in [3.05, 3.63) is 23.8 Å². The maximum atomic E-state index is 12.2. The number of methoxy groups -OCH3 is 2. The molecule has 0 spiro atoms. The number of hydrogen-bond donors (Lipinski definition) is 2. The quantitative estimate of drug-likeness (QED) is 0.706. The van der Waals surface area contributed by atoms with Crippen molar-refractivity contribution in [2.75, 3.05) is 27.8 Å². The average Bonchev–Trinajstić information content (AvgIpc) is 2.50. The Morgan fingerprint density at radius 2 is 2.00 bits per heavy atom. The van der Waals surface area contributed by atoms with Gasteiger partial charge in [0, 0.05) is 12.6 Å². The van der Waals surface area contributed by atoms with E-state index in [0.29, 0.717) is 0 Å². The lowest BCUT2D eigenvalue weighted by molar-refractivity contribution is 0.0600. The highest BCUT2D eigenvalue weighted by Gasteiger charge is 2.21. The van der Waals surface area contributed by atoms with Crippen LogP contribution in [0.5, 0.6) is 5.75 Å². The van der Waals surface area contributed by atoms with Crippen molar-refractivity contribution in [2.45, 2.75) is 17.9 Å². The molecular formula is C13H20N2O5S. The molecule has 8 heteroatoms. The first kappa shape index (κ1) is 17.4. The van der Waals surface area contributed by atoms with E-state index in [-0.39, 0.29) is 28.8 Å². The molecule has 0 aromatic heterocycles. The fraction of sp³-hybridized carbons (Fsp3) is 0.462. The summed E-state index contributed by atoms with van der Waals surface area (Å²) in [5, 5.41) is 2.93. The van der Waals surface area contributed by atoms with Crippen molar-refractivity contribution in [3.63, 3.8) is 0 Å². The van der Waals surface area contributed by atoms with E-state index in [0.717, 1.165) is 0 Å². The molecule has 0 aliphatic rings. The third-order valence-corrected chi connectivity index (χ3v) is 4.41. The summed E-state index contributed by atoms with van der Waals surface area (Å²) >= 11 is 0. The number of nitrogens with one attached hydrogen (secondary N) is 2. The van der Waals surface area contributed by atoms with E-state index in [1.807, 2.05) is 6.92 Å². The third kappa shape index (κ3) is 4.42. The van der Waals surface area contributed by atoms with Crippen LogP contribution in [0.1, 0.15) is 17.3 Å². The third-order valence-electron chi connectivity index (χ3n) is 2.95. The number of esters is 1. The molecule has 1 unspecified atom stereocenters. The topological polar surface area (TPSA) is 93.7 Å². The Kier molecular flexibility index (Phi) is 6.13. The van der Waals surface area contributed by atoms with Gasteiger partial charge in [0.2, 0.25) is 10.0 Å².